The number of allylic oxidation sites excluding steroid dienone is 1. The Hall–Kier alpha value is -1.82. The fourth-order valence-electron chi connectivity index (χ4n) is 3.22. The molecule has 0 nitrogen and oxygen atoms in total. The van der Waals surface area contributed by atoms with E-state index >= 15 is 0 Å². The molecule has 0 saturated heterocycles. The third-order valence-electron chi connectivity index (χ3n) is 4.12. The van der Waals surface area contributed by atoms with Crippen molar-refractivity contribution in [3.8, 4) is 11.1 Å². The minimum atomic E-state index is 0.702. The van der Waals surface area contributed by atoms with E-state index < -0.39 is 0 Å². The molecule has 0 amide bonds. The van der Waals surface area contributed by atoms with Crippen LogP contribution in [0.5, 0.6) is 0 Å². The van der Waals surface area contributed by atoms with Gasteiger partial charge in [-0.15, -0.1) is 0 Å². The third-order valence-corrected chi connectivity index (χ3v) is 4.12. The Morgan fingerprint density at radius 1 is 0.952 bits per heavy atom. The zero-order chi connectivity index (χ0) is 14.8. The first-order valence-electron chi connectivity index (χ1n) is 7.95. The average molecular weight is 275 g/mol. The molecule has 21 heavy (non-hydrogen) atoms. The molecule has 0 heterocycles. The smallest absolute Gasteiger partial charge is 0.0164 e. The molecule has 0 aromatic heterocycles. The van der Waals surface area contributed by atoms with Crippen molar-refractivity contribution in [1.29, 1.82) is 0 Å². The predicted molar refractivity (Wildman–Crippen MR) is 92.1 cm³/mol. The average Bonchev–Trinajstić information content (AvgIpc) is 2.88. The fourth-order valence-corrected chi connectivity index (χ4v) is 3.22. The highest BCUT2D eigenvalue weighted by molar-refractivity contribution is 5.85. The zero-order valence-electron chi connectivity index (χ0n) is 13.2. The molecule has 0 atom stereocenters. The molecule has 0 fully saturated rings. The number of rotatable bonds is 4. The van der Waals surface area contributed by atoms with Crippen molar-refractivity contribution in [2.45, 2.75) is 33.6 Å². The van der Waals surface area contributed by atoms with Gasteiger partial charge in [-0.05, 0) is 46.6 Å². The Kier molecular flexibility index (Phi) is 3.96. The molecule has 3 rings (SSSR count). The monoisotopic (exact) mass is 275 g/mol. The van der Waals surface area contributed by atoms with Gasteiger partial charge in [-0.1, -0.05) is 74.9 Å². The molecule has 0 unspecified atom stereocenters. The normalized spacial score (nSPS) is 13.4. The second kappa shape index (κ2) is 5.89. The molecule has 0 spiro atoms. The van der Waals surface area contributed by atoms with Gasteiger partial charge in [0.15, 0.2) is 0 Å². The van der Waals surface area contributed by atoms with Crippen LogP contribution < -0.4 is 0 Å². The van der Waals surface area contributed by atoms with Gasteiger partial charge in [-0.25, -0.2) is 0 Å². The highest BCUT2D eigenvalue weighted by Gasteiger charge is 2.19. The van der Waals surface area contributed by atoms with Crippen LogP contribution in [0.1, 0.15) is 43.9 Å². The van der Waals surface area contributed by atoms with Gasteiger partial charge in [0.05, 0.1) is 0 Å². The van der Waals surface area contributed by atoms with E-state index in [9.17, 15) is 0 Å². The summed E-state index contributed by atoms with van der Waals surface area (Å²) in [7, 11) is 0. The highest BCUT2D eigenvalue weighted by Crippen LogP contribution is 2.39. The highest BCUT2D eigenvalue weighted by atomic mass is 14.2. The molecule has 1 aliphatic carbocycles. The first-order chi connectivity index (χ1) is 10.2. The lowest BCUT2D eigenvalue weighted by atomic mass is 9.91. The number of hydrogen-bond acceptors (Lipinski definition) is 0. The van der Waals surface area contributed by atoms with E-state index in [1.165, 1.54) is 33.4 Å². The van der Waals surface area contributed by atoms with E-state index in [-0.39, 0.29) is 0 Å². The van der Waals surface area contributed by atoms with E-state index in [4.69, 9.17) is 0 Å². The minimum Gasteiger partial charge on any atom is -0.0625 e. The summed E-state index contributed by atoms with van der Waals surface area (Å²) >= 11 is 0. The zero-order valence-corrected chi connectivity index (χ0v) is 13.2. The van der Waals surface area contributed by atoms with Gasteiger partial charge in [0, 0.05) is 6.42 Å². The van der Waals surface area contributed by atoms with E-state index in [1.54, 1.807) is 0 Å². The van der Waals surface area contributed by atoms with Gasteiger partial charge >= 0.3 is 0 Å². The molecule has 1 aliphatic rings. The molecule has 2 aromatic carbocycles. The maximum absolute atomic E-state index is 2.40. The van der Waals surface area contributed by atoms with Crippen molar-refractivity contribution in [3.63, 3.8) is 0 Å². The van der Waals surface area contributed by atoms with Crippen molar-refractivity contribution >= 4 is 6.08 Å². The Morgan fingerprint density at radius 3 is 2.38 bits per heavy atom. The summed E-state index contributed by atoms with van der Waals surface area (Å²) in [6.07, 6.45) is 6.99. The lowest BCUT2D eigenvalue weighted by molar-refractivity contribution is 0.649. The van der Waals surface area contributed by atoms with Crippen molar-refractivity contribution < 1.29 is 0 Å². The van der Waals surface area contributed by atoms with Crippen LogP contribution >= 0.6 is 0 Å². The molecular formula is C21H23. The Balaban J connectivity index is 2.12. The lowest BCUT2D eigenvalue weighted by Gasteiger charge is -2.13. The first-order valence-corrected chi connectivity index (χ1v) is 7.95. The summed E-state index contributed by atoms with van der Waals surface area (Å²) in [6.45, 7) is 6.81. The summed E-state index contributed by atoms with van der Waals surface area (Å²) < 4.78 is 0. The van der Waals surface area contributed by atoms with Gasteiger partial charge in [0.2, 0.25) is 0 Å². The number of benzene rings is 2. The molecule has 1 radical (unpaired) electrons. The number of fused-ring (bicyclic) bond motifs is 1. The quantitative estimate of drug-likeness (QED) is 0.650. The van der Waals surface area contributed by atoms with Crippen LogP contribution in [0.4, 0.5) is 0 Å². The Bertz CT molecular complexity index is 660. The molecule has 0 heteroatoms. The fraction of sp³-hybridized carbons (Fsp3) is 0.286. The minimum absolute atomic E-state index is 0.702. The van der Waals surface area contributed by atoms with E-state index in [0.717, 1.165) is 12.8 Å². The van der Waals surface area contributed by atoms with Crippen molar-refractivity contribution in [1.82, 2.24) is 0 Å². The molecule has 0 saturated carbocycles. The van der Waals surface area contributed by atoms with Crippen LogP contribution in [-0.2, 0) is 6.42 Å². The lowest BCUT2D eigenvalue weighted by Crippen LogP contribution is -1.93. The second-order valence-corrected chi connectivity index (χ2v) is 6.28. The van der Waals surface area contributed by atoms with Crippen LogP contribution in [0, 0.1) is 12.3 Å². The summed E-state index contributed by atoms with van der Waals surface area (Å²) in [4.78, 5) is 0. The largest absolute Gasteiger partial charge is 0.0625 e. The van der Waals surface area contributed by atoms with Crippen LogP contribution in [0.3, 0.4) is 0 Å². The molecule has 0 N–H and O–H groups in total. The van der Waals surface area contributed by atoms with Gasteiger partial charge in [-0.2, -0.15) is 0 Å². The van der Waals surface area contributed by atoms with Crippen LogP contribution in [-0.4, -0.2) is 0 Å². The number of hydrogen-bond donors (Lipinski definition) is 0. The molecule has 2 aromatic rings. The first kappa shape index (κ1) is 14.1. The molecule has 0 aliphatic heterocycles. The summed E-state index contributed by atoms with van der Waals surface area (Å²) in [5.41, 5.74) is 8.45. The maximum atomic E-state index is 2.40. The van der Waals surface area contributed by atoms with Crippen molar-refractivity contribution in [2.75, 3.05) is 0 Å². The van der Waals surface area contributed by atoms with Gasteiger partial charge in [0.1, 0.15) is 0 Å². The third kappa shape index (κ3) is 2.81. The molecular weight excluding hydrogens is 252 g/mol. The summed E-state index contributed by atoms with van der Waals surface area (Å²) in [6, 6.07) is 15.4. The summed E-state index contributed by atoms with van der Waals surface area (Å²) in [5, 5.41) is 0. The molecule has 0 bridgehead atoms. The second-order valence-electron chi connectivity index (χ2n) is 6.28. The topological polar surface area (TPSA) is 0 Å². The van der Waals surface area contributed by atoms with E-state index in [2.05, 4.69) is 75.7 Å². The Labute approximate surface area is 128 Å². The number of aryl methyl sites for hydroxylation is 1. The van der Waals surface area contributed by atoms with Gasteiger partial charge < -0.3 is 0 Å². The van der Waals surface area contributed by atoms with Crippen LogP contribution in [0.2, 0.25) is 0 Å². The standard InChI is InChI=1S/C21H23/c1-4-17-10-11-19-13-16(12-15(2)3)14-20(19)21(17)18-8-6-5-7-9-18/h5-11,13-15H,4,12H2,1-3H3. The van der Waals surface area contributed by atoms with Gasteiger partial charge in [-0.3, -0.25) is 0 Å². The van der Waals surface area contributed by atoms with Crippen LogP contribution in [0.15, 0.2) is 48.0 Å². The summed E-state index contributed by atoms with van der Waals surface area (Å²) in [5.74, 6) is 0.702. The predicted octanol–water partition coefficient (Wildman–Crippen LogP) is 5.91. The molecule has 107 valence electrons. The van der Waals surface area contributed by atoms with E-state index in [1.807, 2.05) is 0 Å². The Morgan fingerprint density at radius 2 is 1.71 bits per heavy atom. The van der Waals surface area contributed by atoms with Crippen molar-refractivity contribution in [3.05, 3.63) is 71.1 Å². The van der Waals surface area contributed by atoms with Gasteiger partial charge in [0.25, 0.3) is 0 Å². The SMILES string of the molecule is CCc1ccc2c(c1-c1ccccc1)C=C(CC(C)C)[CH]2. The van der Waals surface area contributed by atoms with Crippen LogP contribution in [0.25, 0.3) is 17.2 Å². The van der Waals surface area contributed by atoms with Crippen molar-refractivity contribution in [2.24, 2.45) is 5.92 Å². The maximum Gasteiger partial charge on any atom is 0.0164 e. The van der Waals surface area contributed by atoms with E-state index in [0.29, 0.717) is 5.92 Å².